The lowest BCUT2D eigenvalue weighted by Crippen LogP contribution is -2.45. The summed E-state index contributed by atoms with van der Waals surface area (Å²) in [6.07, 6.45) is -3.29. The second-order valence-electron chi connectivity index (χ2n) is 4.54. The van der Waals surface area contributed by atoms with Crippen LogP contribution in [0.4, 0.5) is 18.0 Å². The Morgan fingerprint density at radius 1 is 1.39 bits per heavy atom. The molecule has 2 N–H and O–H groups in total. The molecule has 1 aliphatic rings. The van der Waals surface area contributed by atoms with Crippen molar-refractivity contribution in [2.75, 3.05) is 13.1 Å². The van der Waals surface area contributed by atoms with Gasteiger partial charge in [-0.1, -0.05) is 0 Å². The number of carbonyl (C=O) groups excluding carboxylic acids is 3. The summed E-state index contributed by atoms with van der Waals surface area (Å²) in [6.45, 7) is 0.546. The summed E-state index contributed by atoms with van der Waals surface area (Å²) in [5.41, 5.74) is 1.35. The summed E-state index contributed by atoms with van der Waals surface area (Å²) in [4.78, 5) is 42.7. The van der Waals surface area contributed by atoms with Gasteiger partial charge in [-0.15, -0.1) is 11.3 Å². The van der Waals surface area contributed by atoms with Crippen LogP contribution in [0.25, 0.3) is 0 Å². The number of thiazole rings is 1. The topological polar surface area (TPSA) is 101 Å². The molecule has 0 aliphatic carbocycles. The van der Waals surface area contributed by atoms with E-state index in [1.54, 1.807) is 5.38 Å². The number of amides is 3. The quantitative estimate of drug-likeness (QED) is 0.763. The van der Waals surface area contributed by atoms with Crippen molar-refractivity contribution >= 4 is 29.2 Å². The number of aromatic nitrogens is 1. The minimum Gasteiger partial charge on any atom is -0.334 e. The minimum absolute atomic E-state index is 0.180. The molecule has 1 saturated heterocycles. The van der Waals surface area contributed by atoms with Crippen LogP contribution in [0, 0.1) is 0 Å². The molecule has 126 valence electrons. The molecule has 23 heavy (non-hydrogen) atoms. The van der Waals surface area contributed by atoms with E-state index in [1.807, 2.05) is 0 Å². The normalized spacial score (nSPS) is 17.7. The average Bonchev–Trinajstić information content (AvgIpc) is 3.14. The Hall–Kier alpha value is -2.37. The molecule has 0 aromatic carbocycles. The van der Waals surface area contributed by atoms with Crippen LogP contribution in [0.2, 0.25) is 0 Å². The lowest BCUT2D eigenvalue weighted by molar-refractivity contribution is -0.204. The fourth-order valence-electron chi connectivity index (χ4n) is 1.89. The van der Waals surface area contributed by atoms with Crippen molar-refractivity contribution in [3.05, 3.63) is 16.6 Å². The highest BCUT2D eigenvalue weighted by Crippen LogP contribution is 2.16. The van der Waals surface area contributed by atoms with Gasteiger partial charge in [0.15, 0.2) is 5.01 Å². The molecule has 0 radical (unpaired) electrons. The van der Waals surface area contributed by atoms with Gasteiger partial charge in [0, 0.05) is 30.7 Å². The summed E-state index contributed by atoms with van der Waals surface area (Å²) < 4.78 is 35.7. The summed E-state index contributed by atoms with van der Waals surface area (Å²) >= 11 is 1.18. The van der Waals surface area contributed by atoms with E-state index in [0.717, 1.165) is 0 Å². The first-order valence-electron chi connectivity index (χ1n) is 6.30. The Morgan fingerprint density at radius 3 is 2.74 bits per heavy atom. The molecule has 1 fully saturated rings. The second kappa shape index (κ2) is 6.81. The standard InChI is InChI=1S/C11H11F3N4O4S/c12-11(13,14)9(20)22-17-10(21)16-6-1-3-18(5-6)8(19)7-15-2-4-23-7/h2,4,6H,1,3,5H2,(H2,16,17,21)/t6-/m0/s1. The van der Waals surface area contributed by atoms with Crippen LogP contribution in [0.1, 0.15) is 16.2 Å². The number of urea groups is 1. The van der Waals surface area contributed by atoms with Gasteiger partial charge in [0.2, 0.25) is 0 Å². The Morgan fingerprint density at radius 2 is 2.13 bits per heavy atom. The zero-order chi connectivity index (χ0) is 17.0. The van der Waals surface area contributed by atoms with E-state index in [0.29, 0.717) is 18.0 Å². The highest BCUT2D eigenvalue weighted by molar-refractivity contribution is 7.11. The molecule has 1 aromatic rings. The Kier molecular flexibility index (Phi) is 5.03. The minimum atomic E-state index is -5.20. The zero-order valence-electron chi connectivity index (χ0n) is 11.4. The summed E-state index contributed by atoms with van der Waals surface area (Å²) in [5.74, 6) is -2.81. The maximum atomic E-state index is 12.0. The van der Waals surface area contributed by atoms with E-state index in [-0.39, 0.29) is 12.5 Å². The zero-order valence-corrected chi connectivity index (χ0v) is 12.2. The molecule has 1 aliphatic heterocycles. The van der Waals surface area contributed by atoms with E-state index in [4.69, 9.17) is 0 Å². The van der Waals surface area contributed by atoms with Gasteiger partial charge in [-0.25, -0.2) is 14.6 Å². The molecular formula is C11H11F3N4O4S. The molecule has 0 saturated carbocycles. The molecule has 12 heteroatoms. The summed E-state index contributed by atoms with van der Waals surface area (Å²) in [7, 11) is 0. The largest absolute Gasteiger partial charge is 0.493 e. The van der Waals surface area contributed by atoms with Crippen molar-refractivity contribution in [1.29, 1.82) is 0 Å². The molecule has 0 bridgehead atoms. The van der Waals surface area contributed by atoms with Gasteiger partial charge in [-0.3, -0.25) is 4.79 Å². The van der Waals surface area contributed by atoms with E-state index >= 15 is 0 Å². The van der Waals surface area contributed by atoms with Crippen LogP contribution < -0.4 is 10.8 Å². The van der Waals surface area contributed by atoms with Gasteiger partial charge >= 0.3 is 18.2 Å². The lowest BCUT2D eigenvalue weighted by atomic mass is 10.3. The number of alkyl halides is 3. The molecule has 8 nitrogen and oxygen atoms in total. The van der Waals surface area contributed by atoms with Crippen molar-refractivity contribution in [2.45, 2.75) is 18.6 Å². The molecule has 1 atom stereocenters. The third kappa shape index (κ3) is 4.55. The van der Waals surface area contributed by atoms with Gasteiger partial charge < -0.3 is 15.1 Å². The van der Waals surface area contributed by atoms with Crippen LogP contribution in [-0.2, 0) is 9.63 Å². The number of halogens is 3. The first kappa shape index (κ1) is 17.0. The predicted octanol–water partition coefficient (Wildman–Crippen LogP) is 0.677. The first-order chi connectivity index (χ1) is 10.8. The Labute approximate surface area is 131 Å². The van der Waals surface area contributed by atoms with Gasteiger partial charge in [0.05, 0.1) is 0 Å². The fourth-order valence-corrected chi connectivity index (χ4v) is 2.49. The molecule has 2 heterocycles. The molecule has 2 rings (SSSR count). The van der Waals surface area contributed by atoms with Gasteiger partial charge in [0.25, 0.3) is 5.91 Å². The molecule has 3 amide bonds. The summed E-state index contributed by atoms with van der Waals surface area (Å²) in [6, 6.07) is -1.57. The van der Waals surface area contributed by atoms with E-state index in [9.17, 15) is 27.6 Å². The van der Waals surface area contributed by atoms with Crippen molar-refractivity contribution in [1.82, 2.24) is 20.7 Å². The third-order valence-electron chi connectivity index (χ3n) is 2.89. The summed E-state index contributed by atoms with van der Waals surface area (Å²) in [5, 5.41) is 4.28. The van der Waals surface area contributed by atoms with Crippen molar-refractivity contribution in [2.24, 2.45) is 0 Å². The van der Waals surface area contributed by atoms with Crippen molar-refractivity contribution in [3.63, 3.8) is 0 Å². The van der Waals surface area contributed by atoms with Gasteiger partial charge in [-0.05, 0) is 6.42 Å². The van der Waals surface area contributed by atoms with Gasteiger partial charge in [-0.2, -0.15) is 18.7 Å². The van der Waals surface area contributed by atoms with Crippen LogP contribution in [0.5, 0.6) is 0 Å². The number of likely N-dealkylation sites (tertiary alicyclic amines) is 1. The molecular weight excluding hydrogens is 341 g/mol. The number of rotatable bonds is 2. The molecule has 0 spiro atoms. The monoisotopic (exact) mass is 352 g/mol. The number of hydroxylamine groups is 1. The van der Waals surface area contributed by atoms with Crippen LogP contribution in [-0.4, -0.2) is 53.1 Å². The fraction of sp³-hybridized carbons (Fsp3) is 0.455. The SMILES string of the molecule is O=C(NOC(=O)C(F)(F)F)N[C@H]1CCN(C(=O)c2nccs2)C1. The van der Waals surface area contributed by atoms with E-state index in [2.05, 4.69) is 15.1 Å². The highest BCUT2D eigenvalue weighted by atomic mass is 32.1. The van der Waals surface area contributed by atoms with Crippen LogP contribution in [0.3, 0.4) is 0 Å². The average molecular weight is 352 g/mol. The predicted molar refractivity (Wildman–Crippen MR) is 70.2 cm³/mol. The van der Waals surface area contributed by atoms with E-state index in [1.165, 1.54) is 27.9 Å². The number of nitrogens with one attached hydrogen (secondary N) is 2. The first-order valence-corrected chi connectivity index (χ1v) is 7.18. The highest BCUT2D eigenvalue weighted by Gasteiger charge is 2.42. The van der Waals surface area contributed by atoms with Crippen LogP contribution >= 0.6 is 11.3 Å². The number of hydrogen-bond acceptors (Lipinski definition) is 6. The maximum Gasteiger partial charge on any atom is 0.493 e. The lowest BCUT2D eigenvalue weighted by Gasteiger charge is -2.16. The van der Waals surface area contributed by atoms with Crippen molar-refractivity contribution < 1.29 is 32.4 Å². The Balaban J connectivity index is 1.76. The number of carbonyl (C=O) groups is 3. The number of nitrogens with zero attached hydrogens (tertiary/aromatic N) is 2. The van der Waals surface area contributed by atoms with Crippen molar-refractivity contribution in [3.8, 4) is 0 Å². The number of hydrogen-bond donors (Lipinski definition) is 2. The second-order valence-corrected chi connectivity index (χ2v) is 5.43. The van der Waals surface area contributed by atoms with E-state index < -0.39 is 24.2 Å². The Bertz CT molecular complexity index is 593. The smallest absolute Gasteiger partial charge is 0.334 e. The molecule has 1 aromatic heterocycles. The maximum absolute atomic E-state index is 12.0. The third-order valence-corrected chi connectivity index (χ3v) is 3.65. The van der Waals surface area contributed by atoms with Gasteiger partial charge in [0.1, 0.15) is 0 Å². The van der Waals surface area contributed by atoms with Crippen LogP contribution in [0.15, 0.2) is 11.6 Å². The molecule has 0 unspecified atom stereocenters.